The van der Waals surface area contributed by atoms with Crippen LogP contribution in [-0.4, -0.2) is 159 Å². The lowest BCUT2D eigenvalue weighted by Gasteiger charge is -2.23. The first-order chi connectivity index (χ1) is 69.0. The van der Waals surface area contributed by atoms with E-state index in [-0.39, 0.29) is 84.8 Å². The summed E-state index contributed by atoms with van der Waals surface area (Å²) >= 11 is 0. The SMILES string of the molecule is COc1cccc(C(CCN)NC(=O)c2cccc(-c3ccc4[nH]ncc4c3)c2)c1.COc1cccc(C(CCN2C(=O)c3ccccc3C2=O)NC(=O)c2cccc(-c3ccc4[nH]ncc4c3)c2)c1.COc1cccc(C(CCO)NC(=O)c2cccc(-c3ccc4[nH]ncc4c3)c2)c1.COc1cccc(C(N)CCO)c1.Cc1ccc(-c2cccc(C(=O)O)c2)cc1C=N.O=C1NC(=O)c2ccccc21. The van der Waals surface area contributed by atoms with E-state index >= 15 is 0 Å². The predicted molar refractivity (Wildman–Crippen MR) is 547 cm³/mol. The molecule has 4 unspecified atom stereocenters. The van der Waals surface area contributed by atoms with Crippen molar-refractivity contribution in [3.8, 4) is 67.5 Å². The number of benzene rings is 14. The number of hydrogen-bond donors (Lipinski definition) is 13. The maximum Gasteiger partial charge on any atom is 0.335 e. The van der Waals surface area contributed by atoms with Gasteiger partial charge in [0.1, 0.15) is 23.0 Å². The highest BCUT2D eigenvalue weighted by molar-refractivity contribution is 6.22. The Morgan fingerprint density at radius 3 is 1.09 bits per heavy atom. The number of fused-ring (bicyclic) bond motifs is 5. The van der Waals surface area contributed by atoms with E-state index in [2.05, 4.69) is 57.9 Å². The highest BCUT2D eigenvalue weighted by Gasteiger charge is 2.36. The molecule has 2 aliphatic heterocycles. The molecular formula is C113H106N14O15. The van der Waals surface area contributed by atoms with E-state index in [0.29, 0.717) is 82.7 Å². The van der Waals surface area contributed by atoms with E-state index in [1.165, 1.54) is 11.1 Å². The number of nitrogens with zero attached hydrogens (tertiary/aromatic N) is 4. The quantitative estimate of drug-likeness (QED) is 0.0153. The molecule has 29 heteroatoms. The van der Waals surface area contributed by atoms with Gasteiger partial charge in [0.25, 0.3) is 41.4 Å². The molecule has 14 aromatic carbocycles. The van der Waals surface area contributed by atoms with Crippen LogP contribution in [0.1, 0.15) is 166 Å². The fourth-order valence-electron chi connectivity index (χ4n) is 16.3. The Bertz CT molecular complexity index is 7140. The molecule has 17 aromatic rings. The molecule has 0 saturated heterocycles. The molecule has 0 fully saturated rings. The lowest BCUT2D eigenvalue weighted by molar-refractivity contribution is 0.0643. The minimum absolute atomic E-state index is 0.0348. The van der Waals surface area contributed by atoms with Crippen LogP contribution < -0.4 is 51.7 Å². The highest BCUT2D eigenvalue weighted by Crippen LogP contribution is 2.34. The molecule has 142 heavy (non-hydrogen) atoms. The number of imide groups is 2. The summed E-state index contributed by atoms with van der Waals surface area (Å²) < 4.78 is 21.1. The number of H-pyrrole nitrogens is 3. The number of methoxy groups -OCH3 is 4. The van der Waals surface area contributed by atoms with Crippen molar-refractivity contribution in [2.24, 2.45) is 11.5 Å². The first kappa shape index (κ1) is 100. The number of aryl methyl sites for hydroxylation is 1. The molecule has 0 radical (unpaired) electrons. The van der Waals surface area contributed by atoms with Gasteiger partial charge in [-0.05, 0) is 281 Å². The van der Waals surface area contributed by atoms with Gasteiger partial charge in [0, 0.05) is 64.9 Å². The third-order valence-electron chi connectivity index (χ3n) is 24.0. The van der Waals surface area contributed by atoms with Gasteiger partial charge in [0.05, 0.1) is 110 Å². The zero-order chi connectivity index (χ0) is 100. The maximum absolute atomic E-state index is 13.5. The van der Waals surface area contributed by atoms with Crippen molar-refractivity contribution in [2.45, 2.75) is 56.8 Å². The summed E-state index contributed by atoms with van der Waals surface area (Å²) in [6.45, 7) is 2.63. The van der Waals surface area contributed by atoms with E-state index in [4.69, 9.17) is 46.0 Å². The number of aromatic nitrogens is 6. The zero-order valence-electron chi connectivity index (χ0n) is 78.5. The average Bonchev–Trinajstić information content (AvgIpc) is 1.63. The molecule has 3 aromatic heterocycles. The topological polar surface area (TPSA) is 447 Å². The Kier molecular flexibility index (Phi) is 34.2. The van der Waals surface area contributed by atoms with Crippen molar-refractivity contribution in [3.05, 3.63) is 412 Å². The number of aliphatic hydroxyl groups excluding tert-OH is 2. The molecule has 2 aliphatic rings. The van der Waals surface area contributed by atoms with Crippen molar-refractivity contribution < 1.29 is 72.6 Å². The molecule has 7 amide bonds. The summed E-state index contributed by atoms with van der Waals surface area (Å²) in [5, 5.41) is 70.0. The first-order valence-electron chi connectivity index (χ1n) is 45.7. The van der Waals surface area contributed by atoms with Gasteiger partial charge in [0.2, 0.25) is 0 Å². The number of nitrogens with two attached hydrogens (primary N) is 2. The lowest BCUT2D eigenvalue weighted by Crippen LogP contribution is -2.35. The van der Waals surface area contributed by atoms with Crippen LogP contribution >= 0.6 is 0 Å². The molecule has 0 saturated carbocycles. The number of rotatable bonds is 29. The molecule has 0 bridgehead atoms. The van der Waals surface area contributed by atoms with Gasteiger partial charge in [-0.15, -0.1) is 0 Å². The number of aliphatic hydroxyl groups is 2. The number of amides is 7. The number of ether oxygens (including phenoxy) is 4. The van der Waals surface area contributed by atoms with Gasteiger partial charge in [-0.2, -0.15) is 15.3 Å². The molecule has 15 N–H and O–H groups in total. The minimum Gasteiger partial charge on any atom is -0.497 e. The van der Waals surface area contributed by atoms with E-state index in [1.54, 1.807) is 126 Å². The number of nitrogens with one attached hydrogen (secondary N) is 8. The van der Waals surface area contributed by atoms with Crippen LogP contribution in [0, 0.1) is 12.3 Å². The third-order valence-corrected chi connectivity index (χ3v) is 24.0. The second-order valence-corrected chi connectivity index (χ2v) is 33.2. The second kappa shape index (κ2) is 48.4. The second-order valence-electron chi connectivity index (χ2n) is 33.2. The Hall–Kier alpha value is -17.6. The molecular weight excluding hydrogens is 1790 g/mol. The minimum atomic E-state index is -0.934. The van der Waals surface area contributed by atoms with Crippen LogP contribution in [0.2, 0.25) is 0 Å². The van der Waals surface area contributed by atoms with Crippen molar-refractivity contribution in [1.82, 2.24) is 56.8 Å². The largest absolute Gasteiger partial charge is 0.497 e. The van der Waals surface area contributed by atoms with Gasteiger partial charge in [-0.25, -0.2) is 4.79 Å². The Morgan fingerprint density at radius 2 is 0.718 bits per heavy atom. The van der Waals surface area contributed by atoms with Gasteiger partial charge < -0.3 is 67.1 Å². The fraction of sp³-hybridized carbons (Fsp3) is 0.150. The van der Waals surface area contributed by atoms with E-state index in [1.807, 2.05) is 237 Å². The van der Waals surface area contributed by atoms with Gasteiger partial charge >= 0.3 is 5.97 Å². The summed E-state index contributed by atoms with van der Waals surface area (Å²) in [5.74, 6) is 0.137. The summed E-state index contributed by atoms with van der Waals surface area (Å²) in [6.07, 6.45) is 8.60. The predicted octanol–water partition coefficient (Wildman–Crippen LogP) is 18.6. The van der Waals surface area contributed by atoms with Crippen molar-refractivity contribution in [2.75, 3.05) is 54.7 Å². The Balaban J connectivity index is 0.000000142. The summed E-state index contributed by atoms with van der Waals surface area (Å²) in [7, 11) is 6.43. The number of aromatic carboxylic acids is 1. The van der Waals surface area contributed by atoms with Gasteiger partial charge in [-0.3, -0.25) is 59.1 Å². The van der Waals surface area contributed by atoms with Crippen LogP contribution in [0.3, 0.4) is 0 Å². The first-order valence-corrected chi connectivity index (χ1v) is 45.7. The molecule has 19 rings (SSSR count). The van der Waals surface area contributed by atoms with Crippen LogP contribution in [0.25, 0.3) is 77.2 Å². The highest BCUT2D eigenvalue weighted by atomic mass is 16.5. The Labute approximate surface area is 818 Å². The molecule has 718 valence electrons. The monoisotopic (exact) mass is 1900 g/mol. The van der Waals surface area contributed by atoms with Gasteiger partial charge in [-0.1, -0.05) is 152 Å². The van der Waals surface area contributed by atoms with Crippen molar-refractivity contribution >= 4 is 86.2 Å². The normalized spacial score (nSPS) is 12.4. The molecule has 29 nitrogen and oxygen atoms in total. The van der Waals surface area contributed by atoms with Crippen molar-refractivity contribution in [3.63, 3.8) is 0 Å². The van der Waals surface area contributed by atoms with Gasteiger partial charge in [0.15, 0.2) is 0 Å². The number of carboxylic acids is 1. The Morgan fingerprint density at radius 1 is 0.387 bits per heavy atom. The van der Waals surface area contributed by atoms with Crippen LogP contribution in [0.15, 0.2) is 334 Å². The summed E-state index contributed by atoms with van der Waals surface area (Å²) in [5.41, 5.74) is 31.3. The van der Waals surface area contributed by atoms with Crippen molar-refractivity contribution in [1.29, 1.82) is 5.41 Å². The number of hydrogen-bond acceptors (Lipinski definition) is 20. The third kappa shape index (κ3) is 25.4. The van der Waals surface area contributed by atoms with Crippen LogP contribution in [0.4, 0.5) is 0 Å². The van der Waals surface area contributed by atoms with E-state index in [0.717, 1.165) is 122 Å². The lowest BCUT2D eigenvalue weighted by atomic mass is 9.99. The fourth-order valence-corrected chi connectivity index (χ4v) is 16.3. The summed E-state index contributed by atoms with van der Waals surface area (Å²) in [6, 6.07) is 95.8. The average molecular weight is 1900 g/mol. The zero-order valence-corrected chi connectivity index (χ0v) is 78.5. The van der Waals surface area contributed by atoms with Crippen LogP contribution in [-0.2, 0) is 0 Å². The van der Waals surface area contributed by atoms with E-state index < -0.39 is 12.0 Å². The molecule has 0 aliphatic carbocycles. The number of carbonyl (C=O) groups is 8. The van der Waals surface area contributed by atoms with E-state index in [9.17, 15) is 43.5 Å². The standard InChI is InChI=1S/C32H26N4O4.C24H24N4O2.C24H23N3O3.C15H13NO2.C10H15NO2.C8H5NO2/c1-40-25-9-5-7-22(18-25)28(14-15-36-31(38)26-10-2-3-11-27(26)32(36)39)34-30(37)23-8-4-6-20(16-23)21-12-13-29-24(17-21)19-33-35-29;1-30-21-7-3-5-18(14-21)22(10-11-25)27-24(29)19-6-2-4-16(12-19)17-8-9-23-20(13-17)15-26-28-23;1-30-21-7-3-5-18(14-21)22(10-11-28)26-24(29)19-6-2-4-16(12-19)17-8-9-23-20(13-17)15-25-27-23;1-10-5-6-12(8-14(10)9-16)11-3-2-4-13(7-11)15(17)18;1-13-9-4-2-3-8(7-9)10(11)5-6-12;10-7-5-3-1-2-4-6(5)8(11)9-7/h2-13,16-19,28H,14-15H2,1H3,(H,33,35)(H,34,37);2-9,12-15,22H,10-11,25H2,1H3,(H,26,28)(H,27,29);2-9,12-15,22,28H,10-11H2,1H3,(H,25,27)(H,26,29);2-9,16H,1H3,(H,17,18);2-4,7,10,12H,5-6,11H2,1H3;1-4H,(H,9,10,11). The maximum atomic E-state index is 13.5. The van der Waals surface area contributed by atoms with Crippen LogP contribution in [0.5, 0.6) is 23.0 Å². The molecule has 4 atom stereocenters. The number of aromatic amines is 3. The number of carbonyl (C=O) groups excluding carboxylic acids is 7. The number of carboxylic acid groups (broad SMARTS) is 1. The summed E-state index contributed by atoms with van der Waals surface area (Å²) in [4.78, 5) is 99.4. The molecule has 5 heterocycles. The molecule has 0 spiro atoms. The smallest absolute Gasteiger partial charge is 0.335 e.